The summed E-state index contributed by atoms with van der Waals surface area (Å²) in [7, 11) is 0. The summed E-state index contributed by atoms with van der Waals surface area (Å²) in [5.74, 6) is 0.581. The molecular formula is C21H25N5O4. The van der Waals surface area contributed by atoms with Crippen molar-refractivity contribution in [3.05, 3.63) is 59.9 Å². The quantitative estimate of drug-likeness (QED) is 0.419. The molecule has 1 unspecified atom stereocenters. The highest BCUT2D eigenvalue weighted by Gasteiger charge is 2.16. The van der Waals surface area contributed by atoms with E-state index < -0.39 is 12.1 Å². The Morgan fingerprint density at radius 2 is 2.03 bits per heavy atom. The number of aliphatic hydroxyl groups is 1. The highest BCUT2D eigenvalue weighted by Crippen LogP contribution is 2.25. The van der Waals surface area contributed by atoms with Crippen LogP contribution in [-0.4, -0.2) is 38.9 Å². The average molecular weight is 411 g/mol. The average Bonchev–Trinajstić information content (AvgIpc) is 3.20. The fourth-order valence-electron chi connectivity index (χ4n) is 2.71. The summed E-state index contributed by atoms with van der Waals surface area (Å²) in [6, 6.07) is 10.3. The van der Waals surface area contributed by atoms with Crippen LogP contribution in [0, 0.1) is 6.92 Å². The van der Waals surface area contributed by atoms with Crippen molar-refractivity contribution < 1.29 is 19.5 Å². The van der Waals surface area contributed by atoms with Crippen LogP contribution in [0.2, 0.25) is 0 Å². The lowest BCUT2D eigenvalue weighted by Crippen LogP contribution is -2.33. The molecule has 0 fully saturated rings. The van der Waals surface area contributed by atoms with Gasteiger partial charge >= 0.3 is 6.09 Å². The van der Waals surface area contributed by atoms with Gasteiger partial charge in [-0.1, -0.05) is 30.3 Å². The van der Waals surface area contributed by atoms with Gasteiger partial charge in [-0.05, 0) is 31.9 Å². The summed E-state index contributed by atoms with van der Waals surface area (Å²) < 4.78 is 5.32. The molecule has 1 atom stereocenters. The van der Waals surface area contributed by atoms with Crippen molar-refractivity contribution in [1.29, 1.82) is 0 Å². The van der Waals surface area contributed by atoms with Gasteiger partial charge in [0.2, 0.25) is 11.8 Å². The van der Waals surface area contributed by atoms with Crippen LogP contribution in [0.3, 0.4) is 0 Å². The second kappa shape index (κ2) is 9.86. The maximum absolute atomic E-state index is 12.3. The Hall–Kier alpha value is -3.43. The lowest BCUT2D eigenvalue weighted by Gasteiger charge is -2.15. The molecule has 0 bridgehead atoms. The van der Waals surface area contributed by atoms with Gasteiger partial charge in [-0.15, -0.1) is 0 Å². The standard InChI is InChI=1S/C21H25N5O4/c1-13(2)30-26-20-23-10-14(3)19(25-20)16-9-18(22-11-16)29-21(28)24-17(12-27)15-7-5-4-6-8-15/h4-11,13,17,22,27H,12H2,1-3H3,(H,24,28)(H,23,25,26). The summed E-state index contributed by atoms with van der Waals surface area (Å²) in [6.07, 6.45) is 2.66. The number of aromatic amines is 1. The number of hydrogen-bond acceptors (Lipinski definition) is 7. The van der Waals surface area contributed by atoms with Crippen LogP contribution < -0.4 is 15.5 Å². The van der Waals surface area contributed by atoms with Crippen molar-refractivity contribution in [1.82, 2.24) is 20.3 Å². The normalized spacial score (nSPS) is 11.9. The molecule has 0 aliphatic heterocycles. The van der Waals surface area contributed by atoms with Crippen LogP contribution >= 0.6 is 0 Å². The molecule has 0 saturated carbocycles. The number of aliphatic hydroxyl groups excluding tert-OH is 1. The summed E-state index contributed by atoms with van der Waals surface area (Å²) in [4.78, 5) is 29.1. The van der Waals surface area contributed by atoms with Gasteiger partial charge in [0.05, 0.1) is 24.4 Å². The van der Waals surface area contributed by atoms with Gasteiger partial charge in [-0.25, -0.2) is 20.2 Å². The molecule has 1 amide bonds. The molecular weight excluding hydrogens is 386 g/mol. The summed E-state index contributed by atoms with van der Waals surface area (Å²) >= 11 is 0. The fraction of sp³-hybridized carbons (Fsp3) is 0.286. The summed E-state index contributed by atoms with van der Waals surface area (Å²) in [6.45, 7) is 5.42. The second-order valence-electron chi connectivity index (χ2n) is 6.93. The van der Waals surface area contributed by atoms with E-state index in [1.54, 1.807) is 18.5 Å². The number of aromatic nitrogens is 3. The zero-order chi connectivity index (χ0) is 21.5. The lowest BCUT2D eigenvalue weighted by atomic mass is 10.1. The number of amides is 1. The van der Waals surface area contributed by atoms with E-state index in [4.69, 9.17) is 9.57 Å². The Bertz CT molecular complexity index is 975. The van der Waals surface area contributed by atoms with Gasteiger partial charge < -0.3 is 20.1 Å². The monoisotopic (exact) mass is 411 g/mol. The number of benzene rings is 1. The van der Waals surface area contributed by atoms with Crippen molar-refractivity contribution in [3.8, 4) is 17.1 Å². The van der Waals surface area contributed by atoms with E-state index in [1.807, 2.05) is 51.1 Å². The van der Waals surface area contributed by atoms with Crippen molar-refractivity contribution in [3.63, 3.8) is 0 Å². The van der Waals surface area contributed by atoms with Gasteiger partial charge in [0.1, 0.15) is 0 Å². The highest BCUT2D eigenvalue weighted by atomic mass is 16.7. The number of hydrogen-bond donors (Lipinski definition) is 4. The number of ether oxygens (including phenoxy) is 1. The predicted molar refractivity (Wildman–Crippen MR) is 112 cm³/mol. The highest BCUT2D eigenvalue weighted by molar-refractivity contribution is 5.72. The smallest absolute Gasteiger partial charge is 0.394 e. The molecule has 9 heteroatoms. The number of rotatable bonds is 8. The van der Waals surface area contributed by atoms with E-state index in [0.717, 1.165) is 16.7 Å². The summed E-state index contributed by atoms with van der Waals surface area (Å²) in [5, 5.41) is 12.2. The van der Waals surface area contributed by atoms with E-state index in [0.29, 0.717) is 11.6 Å². The Morgan fingerprint density at radius 1 is 1.27 bits per heavy atom. The maximum atomic E-state index is 12.3. The third kappa shape index (κ3) is 5.56. The Balaban J connectivity index is 1.67. The molecule has 2 aromatic heterocycles. The largest absolute Gasteiger partial charge is 0.414 e. The first-order chi connectivity index (χ1) is 14.5. The number of carbonyl (C=O) groups is 1. The molecule has 0 saturated heterocycles. The van der Waals surface area contributed by atoms with Crippen LogP contribution in [0.25, 0.3) is 11.3 Å². The molecule has 3 rings (SSSR count). The zero-order valence-electron chi connectivity index (χ0n) is 17.0. The molecule has 9 nitrogen and oxygen atoms in total. The Kier molecular flexibility index (Phi) is 6.99. The van der Waals surface area contributed by atoms with Crippen molar-refractivity contribution in [2.75, 3.05) is 12.1 Å². The molecule has 4 N–H and O–H groups in total. The number of aryl methyl sites for hydroxylation is 1. The number of carbonyl (C=O) groups excluding carboxylic acids is 1. The molecule has 30 heavy (non-hydrogen) atoms. The number of H-pyrrole nitrogens is 1. The van der Waals surface area contributed by atoms with E-state index in [9.17, 15) is 9.90 Å². The third-order valence-electron chi connectivity index (χ3n) is 4.17. The van der Waals surface area contributed by atoms with Gasteiger partial charge in [-0.2, -0.15) is 0 Å². The summed E-state index contributed by atoms with van der Waals surface area (Å²) in [5.41, 5.74) is 5.74. The van der Waals surface area contributed by atoms with Gasteiger partial charge in [0.15, 0.2) is 0 Å². The Labute approximate surface area is 174 Å². The molecule has 0 spiro atoms. The zero-order valence-corrected chi connectivity index (χ0v) is 17.0. The van der Waals surface area contributed by atoms with E-state index in [-0.39, 0.29) is 18.6 Å². The van der Waals surface area contributed by atoms with E-state index in [2.05, 4.69) is 25.7 Å². The van der Waals surface area contributed by atoms with Crippen LogP contribution in [-0.2, 0) is 4.84 Å². The Morgan fingerprint density at radius 3 is 2.73 bits per heavy atom. The first-order valence-electron chi connectivity index (χ1n) is 9.54. The van der Waals surface area contributed by atoms with E-state index >= 15 is 0 Å². The fourth-order valence-corrected chi connectivity index (χ4v) is 2.71. The van der Waals surface area contributed by atoms with Gasteiger partial charge in [0, 0.05) is 24.0 Å². The molecule has 3 aromatic rings. The second-order valence-corrected chi connectivity index (χ2v) is 6.93. The minimum absolute atomic E-state index is 0.0252. The predicted octanol–water partition coefficient (Wildman–Crippen LogP) is 3.35. The number of anilines is 1. The van der Waals surface area contributed by atoms with Gasteiger partial charge in [0.25, 0.3) is 0 Å². The molecule has 1 aromatic carbocycles. The first kappa shape index (κ1) is 21.3. The topological polar surface area (TPSA) is 121 Å². The lowest BCUT2D eigenvalue weighted by molar-refractivity contribution is 0.128. The number of nitrogens with zero attached hydrogens (tertiary/aromatic N) is 2. The molecule has 0 aliphatic rings. The van der Waals surface area contributed by atoms with Crippen molar-refractivity contribution in [2.24, 2.45) is 0 Å². The SMILES string of the molecule is Cc1cnc(NOC(C)C)nc1-c1c[nH]c(OC(=O)NC(CO)c2ccccc2)c1. The number of nitrogens with one attached hydrogen (secondary N) is 3. The van der Waals surface area contributed by atoms with Crippen LogP contribution in [0.5, 0.6) is 5.88 Å². The maximum Gasteiger partial charge on any atom is 0.414 e. The molecule has 0 aliphatic carbocycles. The molecule has 158 valence electrons. The van der Waals surface area contributed by atoms with Crippen molar-refractivity contribution >= 4 is 12.0 Å². The molecule has 0 radical (unpaired) electrons. The first-order valence-corrected chi connectivity index (χ1v) is 9.54. The molecule has 2 heterocycles. The van der Waals surface area contributed by atoms with Crippen LogP contribution in [0.15, 0.2) is 48.8 Å². The van der Waals surface area contributed by atoms with Gasteiger partial charge in [-0.3, -0.25) is 4.84 Å². The van der Waals surface area contributed by atoms with Crippen LogP contribution in [0.4, 0.5) is 10.7 Å². The van der Waals surface area contributed by atoms with E-state index in [1.165, 1.54) is 0 Å². The van der Waals surface area contributed by atoms with Crippen LogP contribution in [0.1, 0.15) is 31.0 Å². The van der Waals surface area contributed by atoms with Crippen molar-refractivity contribution in [2.45, 2.75) is 32.9 Å². The minimum atomic E-state index is -0.682. The third-order valence-corrected chi connectivity index (χ3v) is 4.17. The minimum Gasteiger partial charge on any atom is -0.394 e.